The number of halogens is 2. The van der Waals surface area contributed by atoms with E-state index in [2.05, 4.69) is 31.1 Å². The van der Waals surface area contributed by atoms with Crippen molar-refractivity contribution in [2.75, 3.05) is 14.1 Å². The first-order valence-electron chi connectivity index (χ1n) is 7.09. The highest BCUT2D eigenvalue weighted by Gasteiger charge is 2.38. The van der Waals surface area contributed by atoms with Gasteiger partial charge < -0.3 is 10.2 Å². The van der Waals surface area contributed by atoms with E-state index < -0.39 is 5.97 Å². The second kappa shape index (κ2) is 9.36. The molecule has 0 radical (unpaired) electrons. The summed E-state index contributed by atoms with van der Waals surface area (Å²) in [6, 6.07) is 8.13. The standard InChI is InChI=1S/C14H20ClNO.C2H4O2.ClH/c1-16(2)14(9-7-13(17)8-10-14)11-3-5-12(15)6-4-11;1-2(3)4;/h3-6,13,17H,7-10H2,1-2H3;1H3,(H,3,4);1H. The second-order valence-corrected chi connectivity index (χ2v) is 6.12. The average Bonchev–Trinajstić information content (AvgIpc) is 2.40. The Balaban J connectivity index is 0.000000791. The maximum atomic E-state index is 9.67. The lowest BCUT2D eigenvalue weighted by Gasteiger charge is -2.44. The topological polar surface area (TPSA) is 60.8 Å². The number of rotatable bonds is 2. The lowest BCUT2D eigenvalue weighted by Crippen LogP contribution is -2.45. The maximum Gasteiger partial charge on any atom is 0.300 e. The zero-order valence-corrected chi connectivity index (χ0v) is 14.8. The largest absolute Gasteiger partial charge is 0.481 e. The van der Waals surface area contributed by atoms with E-state index in [1.807, 2.05) is 12.1 Å². The SMILES string of the molecule is CC(=O)O.CN(C)C1(c2ccc(Cl)cc2)CCC(O)CC1.Cl. The Morgan fingerprint density at radius 2 is 1.64 bits per heavy atom. The molecule has 0 aliphatic heterocycles. The van der Waals surface area contributed by atoms with E-state index in [-0.39, 0.29) is 24.0 Å². The number of carbonyl (C=O) groups is 1. The molecule has 0 spiro atoms. The fourth-order valence-corrected chi connectivity index (χ4v) is 2.96. The van der Waals surface area contributed by atoms with Crippen LogP contribution >= 0.6 is 24.0 Å². The van der Waals surface area contributed by atoms with Crippen molar-refractivity contribution < 1.29 is 15.0 Å². The summed E-state index contributed by atoms with van der Waals surface area (Å²) >= 11 is 5.95. The summed E-state index contributed by atoms with van der Waals surface area (Å²) in [7, 11) is 4.23. The predicted molar refractivity (Wildman–Crippen MR) is 91.8 cm³/mol. The summed E-state index contributed by atoms with van der Waals surface area (Å²) in [6.45, 7) is 1.08. The molecule has 0 amide bonds. The molecule has 126 valence electrons. The Labute approximate surface area is 143 Å². The number of aliphatic hydroxyl groups is 1. The molecule has 4 nitrogen and oxygen atoms in total. The van der Waals surface area contributed by atoms with Crippen molar-refractivity contribution in [2.24, 2.45) is 0 Å². The van der Waals surface area contributed by atoms with Gasteiger partial charge in [-0.2, -0.15) is 0 Å². The van der Waals surface area contributed by atoms with Gasteiger partial charge in [0.2, 0.25) is 0 Å². The van der Waals surface area contributed by atoms with Crippen LogP contribution in [0.25, 0.3) is 0 Å². The number of aliphatic carboxylic acids is 1. The molecule has 0 saturated heterocycles. The summed E-state index contributed by atoms with van der Waals surface area (Å²) in [5.41, 5.74) is 1.36. The van der Waals surface area contributed by atoms with Gasteiger partial charge in [0.15, 0.2) is 0 Å². The number of carboxylic acid groups (broad SMARTS) is 1. The third-order valence-corrected chi connectivity index (χ3v) is 4.27. The van der Waals surface area contributed by atoms with Gasteiger partial charge in [0.25, 0.3) is 5.97 Å². The van der Waals surface area contributed by atoms with Crippen molar-refractivity contribution >= 4 is 30.0 Å². The highest BCUT2D eigenvalue weighted by atomic mass is 35.5. The number of carboxylic acids is 1. The molecule has 1 aromatic carbocycles. The van der Waals surface area contributed by atoms with Gasteiger partial charge in [-0.3, -0.25) is 9.69 Å². The van der Waals surface area contributed by atoms with Crippen LogP contribution in [-0.4, -0.2) is 41.3 Å². The minimum atomic E-state index is -0.833. The Bertz CT molecular complexity index is 451. The molecule has 1 aromatic rings. The van der Waals surface area contributed by atoms with E-state index in [0.717, 1.165) is 37.6 Å². The lowest BCUT2D eigenvalue weighted by atomic mass is 9.75. The molecule has 1 saturated carbocycles. The summed E-state index contributed by atoms with van der Waals surface area (Å²) in [6.07, 6.45) is 3.63. The van der Waals surface area contributed by atoms with Crippen molar-refractivity contribution in [3.05, 3.63) is 34.9 Å². The molecular weight excluding hydrogens is 325 g/mol. The Morgan fingerprint density at radius 1 is 1.23 bits per heavy atom. The predicted octanol–water partition coefficient (Wildman–Crippen LogP) is 3.54. The van der Waals surface area contributed by atoms with E-state index in [0.29, 0.717) is 0 Å². The Kier molecular flexibility index (Phi) is 9.01. The molecule has 0 bridgehead atoms. The summed E-state index contributed by atoms with van der Waals surface area (Å²) in [5.74, 6) is -0.833. The van der Waals surface area contributed by atoms with Gasteiger partial charge in [-0.25, -0.2) is 0 Å². The van der Waals surface area contributed by atoms with Gasteiger partial charge in [-0.15, -0.1) is 12.4 Å². The first-order chi connectivity index (χ1) is 9.78. The van der Waals surface area contributed by atoms with Crippen LogP contribution < -0.4 is 0 Å². The smallest absolute Gasteiger partial charge is 0.300 e. The molecule has 0 aromatic heterocycles. The zero-order chi connectivity index (χ0) is 16.0. The molecule has 1 fully saturated rings. The third kappa shape index (κ3) is 5.76. The second-order valence-electron chi connectivity index (χ2n) is 5.68. The van der Waals surface area contributed by atoms with Crippen molar-refractivity contribution in [2.45, 2.75) is 44.2 Å². The van der Waals surface area contributed by atoms with Crippen molar-refractivity contribution in [3.63, 3.8) is 0 Å². The van der Waals surface area contributed by atoms with E-state index in [4.69, 9.17) is 21.5 Å². The van der Waals surface area contributed by atoms with Crippen LogP contribution in [0.4, 0.5) is 0 Å². The zero-order valence-electron chi connectivity index (χ0n) is 13.3. The first-order valence-corrected chi connectivity index (χ1v) is 7.47. The Hall–Kier alpha value is -0.810. The van der Waals surface area contributed by atoms with Crippen LogP contribution in [0.15, 0.2) is 24.3 Å². The minimum Gasteiger partial charge on any atom is -0.481 e. The van der Waals surface area contributed by atoms with Gasteiger partial charge in [-0.1, -0.05) is 23.7 Å². The number of benzene rings is 1. The molecular formula is C16H25Cl2NO3. The molecule has 0 unspecified atom stereocenters. The highest BCUT2D eigenvalue weighted by molar-refractivity contribution is 6.30. The van der Waals surface area contributed by atoms with Crippen molar-refractivity contribution in [1.82, 2.24) is 4.90 Å². The molecule has 22 heavy (non-hydrogen) atoms. The number of nitrogens with zero attached hydrogens (tertiary/aromatic N) is 1. The van der Waals surface area contributed by atoms with Gasteiger partial charge in [-0.05, 0) is 57.5 Å². The molecule has 6 heteroatoms. The monoisotopic (exact) mass is 349 g/mol. The normalized spacial score (nSPS) is 24.0. The highest BCUT2D eigenvalue weighted by Crippen LogP contribution is 2.41. The molecule has 2 N–H and O–H groups in total. The van der Waals surface area contributed by atoms with E-state index in [1.54, 1.807) is 0 Å². The van der Waals surface area contributed by atoms with Crippen molar-refractivity contribution in [1.29, 1.82) is 0 Å². The molecule has 1 aliphatic carbocycles. The molecule has 1 aliphatic rings. The van der Waals surface area contributed by atoms with Crippen LogP contribution in [0.3, 0.4) is 0 Å². The third-order valence-electron chi connectivity index (χ3n) is 4.02. The van der Waals surface area contributed by atoms with Crippen LogP contribution in [-0.2, 0) is 10.3 Å². The van der Waals surface area contributed by atoms with Crippen LogP contribution in [0.1, 0.15) is 38.2 Å². The lowest BCUT2D eigenvalue weighted by molar-refractivity contribution is -0.134. The molecule has 0 heterocycles. The van der Waals surface area contributed by atoms with Gasteiger partial charge in [0.1, 0.15) is 0 Å². The van der Waals surface area contributed by atoms with Crippen LogP contribution in [0.5, 0.6) is 0 Å². The molecule has 0 atom stereocenters. The van der Waals surface area contributed by atoms with Gasteiger partial charge in [0, 0.05) is 17.5 Å². The fourth-order valence-electron chi connectivity index (χ4n) is 2.83. The summed E-state index contributed by atoms with van der Waals surface area (Å²) in [4.78, 5) is 11.3. The van der Waals surface area contributed by atoms with E-state index in [9.17, 15) is 5.11 Å². The van der Waals surface area contributed by atoms with Crippen molar-refractivity contribution in [3.8, 4) is 0 Å². The fraction of sp³-hybridized carbons (Fsp3) is 0.562. The average molecular weight is 350 g/mol. The van der Waals surface area contributed by atoms with Crippen LogP contribution in [0.2, 0.25) is 5.02 Å². The van der Waals surface area contributed by atoms with Crippen LogP contribution in [0, 0.1) is 0 Å². The summed E-state index contributed by atoms with van der Waals surface area (Å²) < 4.78 is 0. The first kappa shape index (κ1) is 21.2. The van der Waals surface area contributed by atoms with Gasteiger partial charge in [0.05, 0.1) is 6.10 Å². The minimum absolute atomic E-state index is 0. The quantitative estimate of drug-likeness (QED) is 0.856. The number of hydrogen-bond donors (Lipinski definition) is 2. The van der Waals surface area contributed by atoms with E-state index >= 15 is 0 Å². The van der Waals surface area contributed by atoms with E-state index in [1.165, 1.54) is 5.56 Å². The maximum absolute atomic E-state index is 9.67. The number of hydrogen-bond acceptors (Lipinski definition) is 3. The summed E-state index contributed by atoms with van der Waals surface area (Å²) in [5, 5.41) is 17.9. The molecule has 2 rings (SSSR count). The number of aliphatic hydroxyl groups excluding tert-OH is 1. The van der Waals surface area contributed by atoms with Gasteiger partial charge >= 0.3 is 0 Å². The Morgan fingerprint density at radius 3 is 2.00 bits per heavy atom.